The van der Waals surface area contributed by atoms with Crippen molar-refractivity contribution in [1.29, 1.82) is 0 Å². The van der Waals surface area contributed by atoms with Gasteiger partial charge in [0.1, 0.15) is 5.76 Å². The molecule has 6 heavy (non-hydrogen) atoms. The molecular weight excluding hydrogens is 99.5 g/mol. The summed E-state index contributed by atoms with van der Waals surface area (Å²) < 4.78 is 0. The molecule has 0 spiro atoms. The summed E-state index contributed by atoms with van der Waals surface area (Å²) in [6.45, 7) is 4.83. The fourth-order valence-electron chi connectivity index (χ4n) is 0. The Morgan fingerprint density at radius 3 is 2.17 bits per heavy atom. The van der Waals surface area contributed by atoms with Crippen molar-refractivity contribution in [2.24, 2.45) is 0 Å². The van der Waals surface area contributed by atoms with Crippen molar-refractivity contribution in [2.45, 2.75) is 12.3 Å². The largest absolute Gasteiger partial charge is 0.511 e. The Bertz CT molecular complexity index is 58.6. The minimum absolute atomic E-state index is 0.0247. The Balaban J connectivity index is 3.26. The second-order valence-corrected chi connectivity index (χ2v) is 1.76. The molecule has 1 N–H and O–H groups in total. The number of halogens is 1. The Morgan fingerprint density at radius 2 is 2.17 bits per heavy atom. The van der Waals surface area contributed by atoms with Gasteiger partial charge in [0.05, 0.1) is 5.38 Å². The number of aliphatic hydroxyl groups excluding tert-OH is 1. The topological polar surface area (TPSA) is 20.2 Å². The lowest BCUT2D eigenvalue weighted by Crippen LogP contribution is -1.91. The third kappa shape index (κ3) is 2.09. The molecule has 0 aliphatic carbocycles. The van der Waals surface area contributed by atoms with Crippen LogP contribution in [0.15, 0.2) is 12.3 Å². The van der Waals surface area contributed by atoms with Gasteiger partial charge in [0.2, 0.25) is 0 Å². The van der Waals surface area contributed by atoms with Gasteiger partial charge in [-0.05, 0) is 6.92 Å². The Labute approximate surface area is 42.2 Å². The van der Waals surface area contributed by atoms with Crippen molar-refractivity contribution in [3.63, 3.8) is 0 Å². The quantitative estimate of drug-likeness (QED) is 0.398. The summed E-state index contributed by atoms with van der Waals surface area (Å²) in [6.07, 6.45) is 0. The number of allylic oxidation sites excluding steroid dienone is 1. The van der Waals surface area contributed by atoms with Crippen LogP contribution in [0.25, 0.3) is 0 Å². The first-order valence-corrected chi connectivity index (χ1v) is 2.10. The minimum atomic E-state index is -0.315. The summed E-state index contributed by atoms with van der Waals surface area (Å²) in [7, 11) is 0. The Hall–Kier alpha value is -0.170. The average Bonchev–Trinajstić information content (AvgIpc) is 1.36. The van der Waals surface area contributed by atoms with Crippen LogP contribution in [0.3, 0.4) is 0 Å². The first kappa shape index (κ1) is 5.83. The maximum Gasteiger partial charge on any atom is 0.103 e. The monoisotopic (exact) mass is 106 g/mol. The molecule has 0 aromatic rings. The fourth-order valence-corrected chi connectivity index (χ4v) is 0. The van der Waals surface area contributed by atoms with Crippen LogP contribution in [0.2, 0.25) is 0 Å². The van der Waals surface area contributed by atoms with Crippen molar-refractivity contribution >= 4 is 11.6 Å². The van der Waals surface area contributed by atoms with E-state index in [1.165, 1.54) is 0 Å². The van der Waals surface area contributed by atoms with Crippen molar-refractivity contribution in [3.05, 3.63) is 12.3 Å². The molecule has 36 valence electrons. The van der Waals surface area contributed by atoms with E-state index in [0.717, 1.165) is 0 Å². The molecule has 0 aromatic heterocycles. The van der Waals surface area contributed by atoms with E-state index >= 15 is 0 Å². The van der Waals surface area contributed by atoms with Gasteiger partial charge in [0.25, 0.3) is 0 Å². The van der Waals surface area contributed by atoms with Crippen molar-refractivity contribution in [2.75, 3.05) is 0 Å². The fraction of sp³-hybridized carbons (Fsp3) is 0.500. The molecule has 1 atom stereocenters. The molecule has 0 saturated carbocycles. The molecule has 0 aromatic carbocycles. The van der Waals surface area contributed by atoms with Crippen LogP contribution in [-0.4, -0.2) is 10.5 Å². The van der Waals surface area contributed by atoms with E-state index in [0.29, 0.717) is 0 Å². The molecule has 0 fully saturated rings. The second kappa shape index (κ2) is 2.08. The van der Waals surface area contributed by atoms with Crippen molar-refractivity contribution < 1.29 is 5.11 Å². The molecule has 0 aliphatic heterocycles. The van der Waals surface area contributed by atoms with Crippen LogP contribution in [-0.2, 0) is 0 Å². The van der Waals surface area contributed by atoms with E-state index in [9.17, 15) is 0 Å². The van der Waals surface area contributed by atoms with Crippen LogP contribution in [0.5, 0.6) is 0 Å². The van der Waals surface area contributed by atoms with Gasteiger partial charge < -0.3 is 5.11 Å². The predicted octanol–water partition coefficient (Wildman–Crippen LogP) is 1.69. The summed E-state index contributed by atoms with van der Waals surface area (Å²) >= 11 is 5.26. The SMILES string of the molecule is C=C(O)C(C)Cl. The van der Waals surface area contributed by atoms with Crippen LogP contribution in [0.4, 0.5) is 0 Å². The molecule has 0 rings (SSSR count). The predicted molar refractivity (Wildman–Crippen MR) is 27.1 cm³/mol. The highest BCUT2D eigenvalue weighted by Crippen LogP contribution is 1.99. The molecule has 0 saturated heterocycles. The minimum Gasteiger partial charge on any atom is -0.511 e. The summed E-state index contributed by atoms with van der Waals surface area (Å²) in [5, 5.41) is 7.99. The zero-order valence-electron chi connectivity index (χ0n) is 3.61. The number of alkyl halides is 1. The molecule has 2 heteroatoms. The standard InChI is InChI=1S/C4H7ClO/c1-3(5)4(2)6/h3,6H,2H2,1H3. The van der Waals surface area contributed by atoms with Gasteiger partial charge in [0, 0.05) is 0 Å². The van der Waals surface area contributed by atoms with Gasteiger partial charge in [0.15, 0.2) is 0 Å². The number of hydrogen-bond acceptors (Lipinski definition) is 1. The van der Waals surface area contributed by atoms with Crippen LogP contribution >= 0.6 is 11.6 Å². The average molecular weight is 107 g/mol. The first-order chi connectivity index (χ1) is 2.64. The number of hydrogen-bond donors (Lipinski definition) is 1. The van der Waals surface area contributed by atoms with Gasteiger partial charge in [-0.1, -0.05) is 6.58 Å². The molecule has 0 aliphatic rings. The second-order valence-electron chi connectivity index (χ2n) is 1.11. The smallest absolute Gasteiger partial charge is 0.103 e. The summed E-state index contributed by atoms with van der Waals surface area (Å²) in [5.74, 6) is 0.0247. The lowest BCUT2D eigenvalue weighted by atomic mass is 10.4. The van der Waals surface area contributed by atoms with Crippen molar-refractivity contribution in [3.8, 4) is 0 Å². The zero-order valence-corrected chi connectivity index (χ0v) is 4.37. The van der Waals surface area contributed by atoms with Gasteiger partial charge in [-0.3, -0.25) is 0 Å². The maximum absolute atomic E-state index is 8.30. The Morgan fingerprint density at radius 1 is 2.00 bits per heavy atom. The molecule has 0 radical (unpaired) electrons. The van der Waals surface area contributed by atoms with E-state index in [1.807, 2.05) is 0 Å². The van der Waals surface area contributed by atoms with E-state index in [-0.39, 0.29) is 11.1 Å². The molecule has 1 unspecified atom stereocenters. The van der Waals surface area contributed by atoms with Gasteiger partial charge in [-0.15, -0.1) is 11.6 Å². The van der Waals surface area contributed by atoms with E-state index in [1.54, 1.807) is 6.92 Å². The van der Waals surface area contributed by atoms with Gasteiger partial charge in [-0.2, -0.15) is 0 Å². The van der Waals surface area contributed by atoms with E-state index in [2.05, 4.69) is 6.58 Å². The lowest BCUT2D eigenvalue weighted by Gasteiger charge is -1.93. The third-order valence-corrected chi connectivity index (χ3v) is 0.711. The highest BCUT2D eigenvalue weighted by Gasteiger charge is 1.94. The summed E-state index contributed by atoms with van der Waals surface area (Å²) in [5.41, 5.74) is 0. The highest BCUT2D eigenvalue weighted by molar-refractivity contribution is 6.21. The summed E-state index contributed by atoms with van der Waals surface area (Å²) in [4.78, 5) is 0. The Kier molecular flexibility index (Phi) is 2.03. The zero-order chi connectivity index (χ0) is 5.15. The molecule has 0 heterocycles. The van der Waals surface area contributed by atoms with E-state index in [4.69, 9.17) is 16.7 Å². The molecule has 1 nitrogen and oxygen atoms in total. The van der Waals surface area contributed by atoms with Gasteiger partial charge >= 0.3 is 0 Å². The summed E-state index contributed by atoms with van der Waals surface area (Å²) in [6, 6.07) is 0. The normalized spacial score (nSPS) is 13.7. The van der Waals surface area contributed by atoms with E-state index < -0.39 is 0 Å². The first-order valence-electron chi connectivity index (χ1n) is 1.66. The van der Waals surface area contributed by atoms with Crippen LogP contribution in [0, 0.1) is 0 Å². The molecule has 0 bridgehead atoms. The highest BCUT2D eigenvalue weighted by atomic mass is 35.5. The molecule has 0 amide bonds. The van der Waals surface area contributed by atoms with Crippen LogP contribution < -0.4 is 0 Å². The third-order valence-electron chi connectivity index (χ3n) is 0.459. The van der Waals surface area contributed by atoms with Gasteiger partial charge in [-0.25, -0.2) is 0 Å². The number of rotatable bonds is 1. The van der Waals surface area contributed by atoms with Crippen LogP contribution in [0.1, 0.15) is 6.92 Å². The molecular formula is C4H7ClO. The maximum atomic E-state index is 8.30. The number of aliphatic hydroxyl groups is 1. The lowest BCUT2D eigenvalue weighted by molar-refractivity contribution is 0.400. The van der Waals surface area contributed by atoms with Crippen molar-refractivity contribution in [1.82, 2.24) is 0 Å².